The van der Waals surface area contributed by atoms with Crippen LogP contribution in [0.3, 0.4) is 0 Å². The normalized spacial score (nSPS) is 18.1. The first-order valence-electron chi connectivity index (χ1n) is 9.56. The van der Waals surface area contributed by atoms with Crippen molar-refractivity contribution >= 4 is 11.6 Å². The number of fused-ring (bicyclic) bond motifs is 2. The summed E-state index contributed by atoms with van der Waals surface area (Å²) in [6.07, 6.45) is 3.25. The van der Waals surface area contributed by atoms with Crippen LogP contribution in [0.15, 0.2) is 42.5 Å². The fourth-order valence-electron chi connectivity index (χ4n) is 4.12. The van der Waals surface area contributed by atoms with Gasteiger partial charge in [-0.25, -0.2) is 0 Å². The van der Waals surface area contributed by atoms with Crippen molar-refractivity contribution in [1.82, 2.24) is 4.90 Å². The zero-order valence-electron chi connectivity index (χ0n) is 16.0. The number of ether oxygens (including phenoxy) is 2. The highest BCUT2D eigenvalue weighted by molar-refractivity contribution is 5.83. The topological polar surface area (TPSA) is 42.0 Å². The van der Waals surface area contributed by atoms with Gasteiger partial charge in [-0.1, -0.05) is 24.3 Å². The molecule has 1 amide bonds. The second-order valence-electron chi connectivity index (χ2n) is 7.22. The second kappa shape index (κ2) is 7.51. The van der Waals surface area contributed by atoms with Crippen LogP contribution in [0.2, 0.25) is 0 Å². The van der Waals surface area contributed by atoms with Crippen LogP contribution in [0, 0.1) is 0 Å². The minimum absolute atomic E-state index is 0.132. The van der Waals surface area contributed by atoms with Crippen LogP contribution in [0.1, 0.15) is 30.0 Å². The quantitative estimate of drug-likeness (QED) is 0.831. The summed E-state index contributed by atoms with van der Waals surface area (Å²) in [5.74, 6) is 1.71. The number of methoxy groups -OCH3 is 1. The van der Waals surface area contributed by atoms with Crippen LogP contribution in [0.4, 0.5) is 5.69 Å². The Labute approximate surface area is 160 Å². The first kappa shape index (κ1) is 17.7. The fraction of sp³-hybridized carbons (Fsp3) is 0.409. The number of amides is 1. The molecular weight excluding hydrogens is 340 g/mol. The van der Waals surface area contributed by atoms with Crippen LogP contribution in [0.5, 0.6) is 11.5 Å². The lowest BCUT2D eigenvalue weighted by Gasteiger charge is -2.36. The van der Waals surface area contributed by atoms with Crippen molar-refractivity contribution in [2.45, 2.75) is 25.3 Å². The molecule has 1 aliphatic carbocycles. The van der Waals surface area contributed by atoms with Crippen molar-refractivity contribution in [1.29, 1.82) is 0 Å². The molecule has 0 saturated heterocycles. The number of benzene rings is 2. The summed E-state index contributed by atoms with van der Waals surface area (Å²) < 4.78 is 11.1. The van der Waals surface area contributed by atoms with E-state index in [0.29, 0.717) is 19.7 Å². The van der Waals surface area contributed by atoms with E-state index < -0.39 is 0 Å². The number of hydrogen-bond acceptors (Lipinski definition) is 4. The first-order valence-corrected chi connectivity index (χ1v) is 9.56. The SMILES string of the molecule is COc1ccc2c(c1)N(CC(=O)N(C)[C@H]1CCCc3ccccc31)CCO2. The fourth-order valence-corrected chi connectivity index (χ4v) is 4.12. The molecule has 0 bridgehead atoms. The van der Waals surface area contributed by atoms with Gasteiger partial charge in [-0.3, -0.25) is 4.79 Å². The molecule has 5 nitrogen and oxygen atoms in total. The molecule has 27 heavy (non-hydrogen) atoms. The number of rotatable bonds is 4. The van der Waals surface area contributed by atoms with Gasteiger partial charge in [0.25, 0.3) is 0 Å². The molecule has 0 radical (unpaired) electrons. The molecule has 2 aromatic carbocycles. The van der Waals surface area contributed by atoms with E-state index in [0.717, 1.165) is 36.4 Å². The molecule has 0 fully saturated rings. The lowest BCUT2D eigenvalue weighted by Crippen LogP contribution is -2.43. The molecule has 1 atom stereocenters. The highest BCUT2D eigenvalue weighted by atomic mass is 16.5. The Morgan fingerprint density at radius 2 is 2.15 bits per heavy atom. The summed E-state index contributed by atoms with van der Waals surface area (Å²) in [6.45, 7) is 1.63. The summed E-state index contributed by atoms with van der Waals surface area (Å²) >= 11 is 0. The highest BCUT2D eigenvalue weighted by Gasteiger charge is 2.28. The average Bonchev–Trinajstić information content (AvgIpc) is 2.72. The summed E-state index contributed by atoms with van der Waals surface area (Å²) in [5, 5.41) is 0. The number of carbonyl (C=O) groups is 1. The second-order valence-corrected chi connectivity index (χ2v) is 7.22. The summed E-state index contributed by atoms with van der Waals surface area (Å²) in [5.41, 5.74) is 3.59. The standard InChI is InChI=1S/C22H26N2O3/c1-23(19-9-5-7-16-6-3-4-8-18(16)19)22(25)15-24-12-13-27-21-11-10-17(26-2)14-20(21)24/h3-4,6,8,10-11,14,19H,5,7,9,12-13,15H2,1-2H3/t19-/m0/s1. The maximum absolute atomic E-state index is 13.1. The first-order chi connectivity index (χ1) is 13.2. The molecule has 0 aromatic heterocycles. The molecule has 2 aromatic rings. The van der Waals surface area contributed by atoms with Gasteiger partial charge in [0.1, 0.15) is 18.1 Å². The Hall–Kier alpha value is -2.69. The zero-order valence-corrected chi connectivity index (χ0v) is 16.0. The van der Waals surface area contributed by atoms with Gasteiger partial charge in [-0.2, -0.15) is 0 Å². The van der Waals surface area contributed by atoms with E-state index in [1.54, 1.807) is 7.11 Å². The van der Waals surface area contributed by atoms with E-state index in [2.05, 4.69) is 29.2 Å². The van der Waals surface area contributed by atoms with E-state index in [1.807, 2.05) is 30.1 Å². The number of likely N-dealkylation sites (N-methyl/N-ethyl adjacent to an activating group) is 1. The van der Waals surface area contributed by atoms with Gasteiger partial charge in [0, 0.05) is 13.1 Å². The van der Waals surface area contributed by atoms with Gasteiger partial charge in [-0.15, -0.1) is 0 Å². The van der Waals surface area contributed by atoms with Crippen molar-refractivity contribution in [3.05, 3.63) is 53.6 Å². The van der Waals surface area contributed by atoms with E-state index in [-0.39, 0.29) is 11.9 Å². The molecule has 0 spiro atoms. The molecule has 1 aliphatic heterocycles. The Morgan fingerprint density at radius 1 is 1.30 bits per heavy atom. The van der Waals surface area contributed by atoms with Gasteiger partial charge in [-0.05, 0) is 42.5 Å². The van der Waals surface area contributed by atoms with Crippen molar-refractivity contribution < 1.29 is 14.3 Å². The van der Waals surface area contributed by atoms with E-state index in [1.165, 1.54) is 11.1 Å². The lowest BCUT2D eigenvalue weighted by atomic mass is 9.87. The number of hydrogen-bond donors (Lipinski definition) is 0. The molecule has 2 aliphatic rings. The van der Waals surface area contributed by atoms with Crippen LogP contribution < -0.4 is 14.4 Å². The molecule has 4 rings (SSSR count). The maximum Gasteiger partial charge on any atom is 0.242 e. The minimum atomic E-state index is 0.132. The monoisotopic (exact) mass is 366 g/mol. The molecule has 0 N–H and O–H groups in total. The average molecular weight is 366 g/mol. The van der Waals surface area contributed by atoms with Crippen molar-refractivity contribution in [3.8, 4) is 11.5 Å². The smallest absolute Gasteiger partial charge is 0.242 e. The molecule has 5 heteroatoms. The lowest BCUT2D eigenvalue weighted by molar-refractivity contribution is -0.131. The van der Waals surface area contributed by atoms with Crippen LogP contribution >= 0.6 is 0 Å². The van der Waals surface area contributed by atoms with Gasteiger partial charge < -0.3 is 19.3 Å². The molecule has 0 unspecified atom stereocenters. The van der Waals surface area contributed by atoms with Crippen molar-refractivity contribution in [2.75, 3.05) is 38.8 Å². The van der Waals surface area contributed by atoms with Crippen LogP contribution in [-0.4, -0.2) is 44.7 Å². The van der Waals surface area contributed by atoms with E-state index >= 15 is 0 Å². The van der Waals surface area contributed by atoms with E-state index in [4.69, 9.17) is 9.47 Å². The Kier molecular flexibility index (Phi) is 4.92. The Balaban J connectivity index is 1.52. The molecule has 1 heterocycles. The van der Waals surface area contributed by atoms with Gasteiger partial charge in [0.05, 0.1) is 31.9 Å². The third-order valence-corrected chi connectivity index (χ3v) is 5.65. The summed E-state index contributed by atoms with van der Waals surface area (Å²) in [7, 11) is 3.58. The molecule has 0 saturated carbocycles. The minimum Gasteiger partial charge on any atom is -0.497 e. The maximum atomic E-state index is 13.1. The Morgan fingerprint density at radius 3 is 3.00 bits per heavy atom. The van der Waals surface area contributed by atoms with Crippen molar-refractivity contribution in [2.24, 2.45) is 0 Å². The predicted octanol–water partition coefficient (Wildman–Crippen LogP) is 3.43. The van der Waals surface area contributed by atoms with Gasteiger partial charge in [0.15, 0.2) is 0 Å². The Bertz CT molecular complexity index is 836. The van der Waals surface area contributed by atoms with Crippen LogP contribution in [0.25, 0.3) is 0 Å². The summed E-state index contributed by atoms with van der Waals surface area (Å²) in [4.78, 5) is 17.1. The number of aryl methyl sites for hydroxylation is 1. The third kappa shape index (κ3) is 3.46. The number of anilines is 1. The number of carbonyl (C=O) groups excluding carboxylic acids is 1. The molecular formula is C22H26N2O3. The van der Waals surface area contributed by atoms with Gasteiger partial charge >= 0.3 is 0 Å². The van der Waals surface area contributed by atoms with Crippen molar-refractivity contribution in [3.63, 3.8) is 0 Å². The van der Waals surface area contributed by atoms with Crippen LogP contribution in [-0.2, 0) is 11.2 Å². The largest absolute Gasteiger partial charge is 0.497 e. The van der Waals surface area contributed by atoms with E-state index in [9.17, 15) is 4.79 Å². The predicted molar refractivity (Wildman–Crippen MR) is 106 cm³/mol. The summed E-state index contributed by atoms with van der Waals surface area (Å²) in [6, 6.07) is 14.4. The molecule has 142 valence electrons. The highest BCUT2D eigenvalue weighted by Crippen LogP contribution is 2.36. The van der Waals surface area contributed by atoms with Gasteiger partial charge in [0.2, 0.25) is 5.91 Å². The third-order valence-electron chi connectivity index (χ3n) is 5.65. The number of nitrogens with zero attached hydrogens (tertiary/aromatic N) is 2. The zero-order chi connectivity index (χ0) is 18.8.